The van der Waals surface area contributed by atoms with Gasteiger partial charge in [-0.25, -0.2) is 0 Å². The zero-order chi connectivity index (χ0) is 11.7. The van der Waals surface area contributed by atoms with Crippen molar-refractivity contribution in [1.29, 1.82) is 0 Å². The van der Waals surface area contributed by atoms with Crippen molar-refractivity contribution in [1.82, 2.24) is 9.88 Å². The lowest BCUT2D eigenvalue weighted by molar-refractivity contribution is 0.313. The molecule has 0 saturated carbocycles. The highest BCUT2D eigenvalue weighted by Gasteiger charge is 2.13. The highest BCUT2D eigenvalue weighted by molar-refractivity contribution is 5.61. The maximum atomic E-state index is 4.40. The lowest BCUT2D eigenvalue weighted by Crippen LogP contribution is -2.26. The Morgan fingerprint density at radius 2 is 2.06 bits per heavy atom. The molecule has 0 unspecified atom stereocenters. The maximum Gasteiger partial charge on any atom is 0.0702 e. The normalized spacial score (nSPS) is 15.6. The summed E-state index contributed by atoms with van der Waals surface area (Å²) >= 11 is 0. The summed E-state index contributed by atoms with van der Waals surface area (Å²) in [5.74, 6) is 0. The van der Waals surface area contributed by atoms with Gasteiger partial charge in [-0.3, -0.25) is 4.98 Å². The summed E-state index contributed by atoms with van der Waals surface area (Å²) in [5.41, 5.74) is 5.22. The second-order valence-electron chi connectivity index (χ2n) is 4.69. The third-order valence-corrected chi connectivity index (χ3v) is 3.37. The molecule has 0 amide bonds. The monoisotopic (exact) mass is 224 g/mol. The first-order chi connectivity index (χ1) is 8.33. The van der Waals surface area contributed by atoms with E-state index in [1.807, 2.05) is 18.3 Å². The fourth-order valence-corrected chi connectivity index (χ4v) is 2.39. The number of nitrogens with zero attached hydrogens (tertiary/aromatic N) is 2. The number of hydrogen-bond donors (Lipinski definition) is 0. The minimum Gasteiger partial charge on any atom is -0.302 e. The number of hydrogen-bond acceptors (Lipinski definition) is 2. The molecule has 0 saturated heterocycles. The average molecular weight is 224 g/mol. The van der Waals surface area contributed by atoms with Crippen LogP contribution in [0.1, 0.15) is 11.1 Å². The van der Waals surface area contributed by atoms with Crippen LogP contribution >= 0.6 is 0 Å². The molecule has 1 aliphatic rings. The predicted molar refractivity (Wildman–Crippen MR) is 69.7 cm³/mol. The van der Waals surface area contributed by atoms with E-state index in [0.29, 0.717) is 0 Å². The second-order valence-corrected chi connectivity index (χ2v) is 4.69. The van der Waals surface area contributed by atoms with Crippen LogP contribution in [0.15, 0.2) is 42.6 Å². The Morgan fingerprint density at radius 3 is 2.88 bits per heavy atom. The van der Waals surface area contributed by atoms with Gasteiger partial charge in [0.25, 0.3) is 0 Å². The highest BCUT2D eigenvalue weighted by atomic mass is 15.1. The van der Waals surface area contributed by atoms with Crippen LogP contribution in [0.2, 0.25) is 0 Å². The second kappa shape index (κ2) is 4.30. The third-order valence-electron chi connectivity index (χ3n) is 3.37. The van der Waals surface area contributed by atoms with Crippen molar-refractivity contribution in [3.63, 3.8) is 0 Å². The topological polar surface area (TPSA) is 16.1 Å². The largest absolute Gasteiger partial charge is 0.302 e. The van der Waals surface area contributed by atoms with Gasteiger partial charge in [0.1, 0.15) is 0 Å². The first-order valence-corrected chi connectivity index (χ1v) is 6.05. The highest BCUT2D eigenvalue weighted by Crippen LogP contribution is 2.24. The van der Waals surface area contributed by atoms with E-state index in [2.05, 4.69) is 41.2 Å². The summed E-state index contributed by atoms with van der Waals surface area (Å²) in [7, 11) is 2.18. The van der Waals surface area contributed by atoms with Gasteiger partial charge in [-0.2, -0.15) is 0 Å². The Morgan fingerprint density at radius 1 is 1.12 bits per heavy atom. The maximum absolute atomic E-state index is 4.40. The van der Waals surface area contributed by atoms with Crippen LogP contribution in [-0.2, 0) is 13.0 Å². The first kappa shape index (κ1) is 10.5. The summed E-state index contributed by atoms with van der Waals surface area (Å²) in [5, 5.41) is 0. The molecule has 86 valence electrons. The van der Waals surface area contributed by atoms with Crippen LogP contribution in [-0.4, -0.2) is 23.5 Å². The predicted octanol–water partition coefficient (Wildman–Crippen LogP) is 2.74. The summed E-state index contributed by atoms with van der Waals surface area (Å²) in [6.45, 7) is 2.21. The van der Waals surface area contributed by atoms with Crippen LogP contribution in [0.25, 0.3) is 11.3 Å². The number of pyridine rings is 1. The van der Waals surface area contributed by atoms with Gasteiger partial charge in [-0.05, 0) is 42.8 Å². The number of benzene rings is 1. The lowest BCUT2D eigenvalue weighted by atomic mass is 9.96. The van der Waals surface area contributed by atoms with Gasteiger partial charge < -0.3 is 4.90 Å². The van der Waals surface area contributed by atoms with E-state index >= 15 is 0 Å². The van der Waals surface area contributed by atoms with Gasteiger partial charge >= 0.3 is 0 Å². The molecule has 0 spiro atoms. The Hall–Kier alpha value is -1.67. The zero-order valence-corrected chi connectivity index (χ0v) is 10.1. The molecular weight excluding hydrogens is 208 g/mol. The van der Waals surface area contributed by atoms with Crippen molar-refractivity contribution >= 4 is 0 Å². The molecule has 3 rings (SSSR count). The Labute approximate surface area is 102 Å². The molecule has 1 aromatic carbocycles. The SMILES string of the molecule is CN1CCc2ccc(-c3ccccn3)cc2C1. The molecule has 0 N–H and O–H groups in total. The summed E-state index contributed by atoms with van der Waals surface area (Å²) in [4.78, 5) is 6.77. The van der Waals surface area contributed by atoms with E-state index < -0.39 is 0 Å². The smallest absolute Gasteiger partial charge is 0.0702 e. The van der Waals surface area contributed by atoms with E-state index in [1.165, 1.54) is 16.7 Å². The van der Waals surface area contributed by atoms with Crippen molar-refractivity contribution in [2.75, 3.05) is 13.6 Å². The molecule has 1 aromatic heterocycles. The number of likely N-dealkylation sites (N-methyl/N-ethyl adjacent to an activating group) is 1. The third kappa shape index (κ3) is 2.08. The van der Waals surface area contributed by atoms with E-state index in [0.717, 1.165) is 25.2 Å². The minimum absolute atomic E-state index is 1.05. The molecular formula is C15H16N2. The van der Waals surface area contributed by atoms with Crippen LogP contribution in [0, 0.1) is 0 Å². The van der Waals surface area contributed by atoms with Gasteiger partial charge in [0.05, 0.1) is 5.69 Å². The Bertz CT molecular complexity index is 520. The minimum atomic E-state index is 1.05. The Kier molecular flexibility index (Phi) is 2.65. The molecule has 17 heavy (non-hydrogen) atoms. The van der Waals surface area contributed by atoms with Crippen LogP contribution in [0.4, 0.5) is 0 Å². The molecule has 0 bridgehead atoms. The molecule has 0 aliphatic carbocycles. The molecule has 2 nitrogen and oxygen atoms in total. The Balaban J connectivity index is 2.01. The number of fused-ring (bicyclic) bond motifs is 1. The molecule has 2 heteroatoms. The van der Waals surface area contributed by atoms with E-state index in [-0.39, 0.29) is 0 Å². The van der Waals surface area contributed by atoms with Crippen molar-refractivity contribution in [2.24, 2.45) is 0 Å². The summed E-state index contributed by atoms with van der Waals surface area (Å²) < 4.78 is 0. The van der Waals surface area contributed by atoms with Gasteiger partial charge in [0, 0.05) is 24.8 Å². The van der Waals surface area contributed by atoms with E-state index in [9.17, 15) is 0 Å². The van der Waals surface area contributed by atoms with E-state index in [1.54, 1.807) is 0 Å². The quantitative estimate of drug-likeness (QED) is 0.740. The molecule has 2 heterocycles. The molecule has 1 aliphatic heterocycles. The van der Waals surface area contributed by atoms with Crippen LogP contribution in [0.3, 0.4) is 0 Å². The van der Waals surface area contributed by atoms with Gasteiger partial charge in [0.15, 0.2) is 0 Å². The summed E-state index contributed by atoms with van der Waals surface area (Å²) in [6, 6.07) is 12.8. The fraction of sp³-hybridized carbons (Fsp3) is 0.267. The van der Waals surface area contributed by atoms with Crippen LogP contribution in [0.5, 0.6) is 0 Å². The van der Waals surface area contributed by atoms with Crippen molar-refractivity contribution in [3.8, 4) is 11.3 Å². The number of aromatic nitrogens is 1. The number of rotatable bonds is 1. The first-order valence-electron chi connectivity index (χ1n) is 6.05. The van der Waals surface area contributed by atoms with Gasteiger partial charge in [-0.15, -0.1) is 0 Å². The van der Waals surface area contributed by atoms with E-state index in [4.69, 9.17) is 0 Å². The van der Waals surface area contributed by atoms with Crippen molar-refractivity contribution < 1.29 is 0 Å². The standard InChI is InChI=1S/C15H16N2/c1-17-9-7-12-5-6-13(10-14(12)11-17)15-4-2-3-8-16-15/h2-6,8,10H,7,9,11H2,1H3. The molecule has 0 atom stereocenters. The summed E-state index contributed by atoms with van der Waals surface area (Å²) in [6.07, 6.45) is 3.01. The molecule has 0 fully saturated rings. The fourth-order valence-electron chi connectivity index (χ4n) is 2.39. The van der Waals surface area contributed by atoms with Crippen molar-refractivity contribution in [3.05, 3.63) is 53.7 Å². The lowest BCUT2D eigenvalue weighted by Gasteiger charge is -2.25. The van der Waals surface area contributed by atoms with Crippen LogP contribution < -0.4 is 0 Å². The van der Waals surface area contributed by atoms with Crippen molar-refractivity contribution in [2.45, 2.75) is 13.0 Å². The molecule has 2 aromatic rings. The average Bonchev–Trinajstić information content (AvgIpc) is 2.39. The molecule has 0 radical (unpaired) electrons. The van der Waals surface area contributed by atoms with Gasteiger partial charge in [0.2, 0.25) is 0 Å². The van der Waals surface area contributed by atoms with Gasteiger partial charge in [-0.1, -0.05) is 18.2 Å². The zero-order valence-electron chi connectivity index (χ0n) is 10.1.